The predicted molar refractivity (Wildman–Crippen MR) is 107 cm³/mol. The Morgan fingerprint density at radius 2 is 2.03 bits per heavy atom. The van der Waals surface area contributed by atoms with Crippen molar-refractivity contribution in [3.05, 3.63) is 83.6 Å². The van der Waals surface area contributed by atoms with E-state index in [1.807, 2.05) is 17.5 Å². The van der Waals surface area contributed by atoms with Crippen molar-refractivity contribution >= 4 is 17.3 Å². The Labute approximate surface area is 170 Å². The van der Waals surface area contributed by atoms with Gasteiger partial charge in [0.1, 0.15) is 11.6 Å². The molecule has 29 heavy (non-hydrogen) atoms. The number of ether oxygens (including phenoxy) is 1. The van der Waals surface area contributed by atoms with Crippen LogP contribution in [0, 0.1) is 11.3 Å². The largest absolute Gasteiger partial charge is 0.478 e. The van der Waals surface area contributed by atoms with Crippen molar-refractivity contribution in [1.82, 2.24) is 4.98 Å². The zero-order valence-corrected chi connectivity index (χ0v) is 15.8. The van der Waals surface area contributed by atoms with E-state index in [9.17, 15) is 15.2 Å². The first-order chi connectivity index (χ1) is 14.2. The number of carboxylic acid groups (broad SMARTS) is 1. The number of aromatic nitrogens is 1. The Morgan fingerprint density at radius 1 is 1.21 bits per heavy atom. The Kier molecular flexibility index (Phi) is 5.10. The van der Waals surface area contributed by atoms with Gasteiger partial charge in [-0.05, 0) is 23.6 Å². The summed E-state index contributed by atoms with van der Waals surface area (Å²) >= 11 is 1.48. The van der Waals surface area contributed by atoms with Crippen molar-refractivity contribution in [2.45, 2.75) is 6.10 Å². The molecular formula is C22H14N2O4S. The molecule has 1 N–H and O–H groups in total. The van der Waals surface area contributed by atoms with Crippen LogP contribution in [0.4, 0.5) is 0 Å². The minimum atomic E-state index is -1.30. The minimum Gasteiger partial charge on any atom is -0.478 e. The first kappa shape index (κ1) is 18.5. The van der Waals surface area contributed by atoms with Gasteiger partial charge in [0.25, 0.3) is 0 Å². The molecule has 1 unspecified atom stereocenters. The highest BCUT2D eigenvalue weighted by Crippen LogP contribution is 2.36. The summed E-state index contributed by atoms with van der Waals surface area (Å²) in [7, 11) is 0. The molecule has 0 saturated carbocycles. The molecule has 1 atom stereocenters. The van der Waals surface area contributed by atoms with Crippen LogP contribution in [0.25, 0.3) is 21.7 Å². The second-order valence-electron chi connectivity index (χ2n) is 6.08. The van der Waals surface area contributed by atoms with Crippen molar-refractivity contribution in [3.63, 3.8) is 0 Å². The fourth-order valence-corrected chi connectivity index (χ4v) is 3.60. The maximum absolute atomic E-state index is 11.9. The maximum Gasteiger partial charge on any atom is 0.349 e. The molecule has 0 radical (unpaired) electrons. The summed E-state index contributed by atoms with van der Waals surface area (Å²) in [6.45, 7) is 0. The van der Waals surface area contributed by atoms with Crippen molar-refractivity contribution in [3.8, 4) is 33.6 Å². The van der Waals surface area contributed by atoms with Gasteiger partial charge in [-0.25, -0.2) is 9.78 Å². The van der Waals surface area contributed by atoms with E-state index in [1.54, 1.807) is 42.5 Å². The Morgan fingerprint density at radius 3 is 2.66 bits per heavy atom. The number of hydrogen-bond acceptors (Lipinski definition) is 6. The summed E-state index contributed by atoms with van der Waals surface area (Å²) in [5.41, 5.74) is 2.43. The van der Waals surface area contributed by atoms with Crippen LogP contribution in [0.2, 0.25) is 0 Å². The monoisotopic (exact) mass is 402 g/mol. The lowest BCUT2D eigenvalue weighted by molar-refractivity contribution is -0.145. The molecular weight excluding hydrogens is 388 g/mol. The molecule has 142 valence electrons. The first-order valence-electron chi connectivity index (χ1n) is 8.63. The van der Waals surface area contributed by atoms with Gasteiger partial charge in [0.15, 0.2) is 0 Å². The number of rotatable bonds is 6. The fraction of sp³-hybridized carbons (Fsp3) is 0.0455. The van der Waals surface area contributed by atoms with Gasteiger partial charge in [0, 0.05) is 16.7 Å². The number of aliphatic carboxylic acids is 1. The standard InChI is InChI=1S/C22H14N2O4S/c23-12-17-16(15-8-9-27-13-15)11-18(19-7-4-10-29-19)24-21(17)28-20(22(25)26)14-5-2-1-3-6-14/h1-11,13,20H,(H,25,26). The van der Waals surface area contributed by atoms with Crippen LogP contribution in [0.5, 0.6) is 5.88 Å². The zero-order chi connectivity index (χ0) is 20.2. The second kappa shape index (κ2) is 8.00. The van der Waals surface area contributed by atoms with Crippen LogP contribution >= 0.6 is 11.3 Å². The van der Waals surface area contributed by atoms with Gasteiger partial charge < -0.3 is 14.3 Å². The number of carboxylic acids is 1. The molecule has 6 nitrogen and oxygen atoms in total. The molecule has 0 aliphatic carbocycles. The van der Waals surface area contributed by atoms with Crippen molar-refractivity contribution in [2.24, 2.45) is 0 Å². The molecule has 3 aromatic heterocycles. The first-order valence-corrected chi connectivity index (χ1v) is 9.51. The van der Waals surface area contributed by atoms with Crippen molar-refractivity contribution in [1.29, 1.82) is 5.26 Å². The lowest BCUT2D eigenvalue weighted by Crippen LogP contribution is -2.19. The van der Waals surface area contributed by atoms with Crippen molar-refractivity contribution < 1.29 is 19.1 Å². The molecule has 0 amide bonds. The minimum absolute atomic E-state index is 0.0362. The number of benzene rings is 1. The predicted octanol–water partition coefficient (Wildman–Crippen LogP) is 5.15. The van der Waals surface area contributed by atoms with E-state index >= 15 is 0 Å². The summed E-state index contributed by atoms with van der Waals surface area (Å²) in [6.07, 6.45) is 1.72. The Hall–Kier alpha value is -3.89. The highest BCUT2D eigenvalue weighted by atomic mass is 32.1. The lowest BCUT2D eigenvalue weighted by atomic mass is 10.0. The van der Waals surface area contributed by atoms with Gasteiger partial charge in [0.2, 0.25) is 12.0 Å². The number of furan rings is 1. The molecule has 3 heterocycles. The van der Waals surface area contributed by atoms with Gasteiger partial charge in [-0.2, -0.15) is 5.26 Å². The molecule has 4 aromatic rings. The molecule has 1 aromatic carbocycles. The SMILES string of the molecule is N#Cc1c(-c2ccoc2)cc(-c2cccs2)nc1OC(C(=O)O)c1ccccc1. The quantitative estimate of drug-likeness (QED) is 0.479. The second-order valence-corrected chi connectivity index (χ2v) is 7.03. The highest BCUT2D eigenvalue weighted by Gasteiger charge is 2.26. The third-order valence-electron chi connectivity index (χ3n) is 4.26. The number of carbonyl (C=O) groups is 1. The normalized spacial score (nSPS) is 11.6. The highest BCUT2D eigenvalue weighted by molar-refractivity contribution is 7.13. The van der Waals surface area contributed by atoms with E-state index in [-0.39, 0.29) is 11.4 Å². The smallest absolute Gasteiger partial charge is 0.349 e. The molecule has 7 heteroatoms. The number of thiophene rings is 1. The zero-order valence-electron chi connectivity index (χ0n) is 15.0. The van der Waals surface area contributed by atoms with Crippen LogP contribution in [0.15, 0.2) is 76.9 Å². The van der Waals surface area contributed by atoms with E-state index in [1.165, 1.54) is 23.9 Å². The summed E-state index contributed by atoms with van der Waals surface area (Å²) in [4.78, 5) is 17.2. The number of nitriles is 1. The summed E-state index contributed by atoms with van der Waals surface area (Å²) in [5.74, 6) is -1.21. The Balaban J connectivity index is 1.87. The average Bonchev–Trinajstić information content (AvgIpc) is 3.46. The van der Waals surface area contributed by atoms with Crippen LogP contribution in [0.1, 0.15) is 17.2 Å². The van der Waals surface area contributed by atoms with Gasteiger partial charge in [-0.1, -0.05) is 36.4 Å². The van der Waals surface area contributed by atoms with E-state index in [2.05, 4.69) is 11.1 Å². The average molecular weight is 402 g/mol. The third kappa shape index (κ3) is 3.74. The van der Waals surface area contributed by atoms with Gasteiger partial charge in [0.05, 0.1) is 23.1 Å². The number of nitrogens with zero attached hydrogens (tertiary/aromatic N) is 2. The summed E-state index contributed by atoms with van der Waals surface area (Å²) in [5, 5.41) is 21.4. The molecule has 0 saturated heterocycles. The molecule has 4 rings (SSSR count). The molecule has 0 bridgehead atoms. The van der Waals surface area contributed by atoms with E-state index < -0.39 is 12.1 Å². The topological polar surface area (TPSA) is 96.4 Å². The van der Waals surface area contributed by atoms with Crippen molar-refractivity contribution in [2.75, 3.05) is 0 Å². The Bertz CT molecular complexity index is 1160. The van der Waals surface area contributed by atoms with Crippen LogP contribution in [0.3, 0.4) is 0 Å². The van der Waals surface area contributed by atoms with Crippen LogP contribution in [-0.4, -0.2) is 16.1 Å². The third-order valence-corrected chi connectivity index (χ3v) is 5.15. The van der Waals surface area contributed by atoms with Gasteiger partial charge >= 0.3 is 5.97 Å². The maximum atomic E-state index is 11.9. The van der Waals surface area contributed by atoms with Crippen LogP contribution < -0.4 is 4.74 Å². The fourth-order valence-electron chi connectivity index (χ4n) is 2.91. The molecule has 0 aliphatic heterocycles. The number of hydrogen-bond donors (Lipinski definition) is 1. The van der Waals surface area contributed by atoms with Gasteiger partial charge in [-0.3, -0.25) is 0 Å². The summed E-state index contributed by atoms with van der Waals surface area (Å²) in [6, 6.07) is 18.0. The molecule has 0 spiro atoms. The lowest BCUT2D eigenvalue weighted by Gasteiger charge is -2.17. The summed E-state index contributed by atoms with van der Waals surface area (Å²) < 4.78 is 11.0. The van der Waals surface area contributed by atoms with E-state index in [0.29, 0.717) is 22.4 Å². The molecule has 0 fully saturated rings. The van der Waals surface area contributed by atoms with Gasteiger partial charge in [-0.15, -0.1) is 11.3 Å². The van der Waals surface area contributed by atoms with Crippen LogP contribution in [-0.2, 0) is 4.79 Å². The van der Waals surface area contributed by atoms with E-state index in [4.69, 9.17) is 9.15 Å². The number of pyridine rings is 1. The molecule has 0 aliphatic rings. The van der Waals surface area contributed by atoms with E-state index in [0.717, 1.165) is 4.88 Å².